The average Bonchev–Trinajstić information content (AvgIpc) is 2.37. The van der Waals surface area contributed by atoms with Crippen molar-refractivity contribution in [1.29, 1.82) is 0 Å². The topological polar surface area (TPSA) is 47.5 Å². The maximum absolute atomic E-state index is 5.82. The molecule has 1 atom stereocenters. The minimum absolute atomic E-state index is 0.299. The summed E-state index contributed by atoms with van der Waals surface area (Å²) < 4.78 is 12.1. The smallest absolute Gasteiger partial charge is 0.184 e. The number of alkyl halides is 1. The molecule has 6 heteroatoms. The van der Waals surface area contributed by atoms with Gasteiger partial charge in [0.1, 0.15) is 12.4 Å². The molecule has 5 nitrogen and oxygen atoms in total. The lowest BCUT2D eigenvalue weighted by atomic mass is 10.2. The molecule has 0 saturated carbocycles. The van der Waals surface area contributed by atoms with Crippen LogP contribution < -0.4 is 9.64 Å². The molecule has 0 aliphatic carbocycles. The van der Waals surface area contributed by atoms with Crippen LogP contribution in [0.3, 0.4) is 0 Å². The van der Waals surface area contributed by atoms with Crippen molar-refractivity contribution in [2.24, 2.45) is 0 Å². The predicted octanol–water partition coefficient (Wildman–Crippen LogP) is 1.32. The molecule has 0 bridgehead atoms. The summed E-state index contributed by atoms with van der Waals surface area (Å²) in [6.45, 7) is 4.97. The second kappa shape index (κ2) is 4.56. The van der Waals surface area contributed by atoms with E-state index in [0.717, 1.165) is 47.3 Å². The Morgan fingerprint density at radius 3 is 3.12 bits per heavy atom. The summed E-state index contributed by atoms with van der Waals surface area (Å²) in [4.78, 5) is 11.3. The van der Waals surface area contributed by atoms with Gasteiger partial charge in [-0.3, -0.25) is 0 Å². The third kappa shape index (κ3) is 1.97. The van der Waals surface area contributed by atoms with E-state index in [-0.39, 0.29) is 0 Å². The van der Waals surface area contributed by atoms with Crippen molar-refractivity contribution < 1.29 is 9.47 Å². The molecular weight excluding hydrogens is 333 g/mol. The number of halogens is 1. The molecule has 2 aliphatic heterocycles. The number of morpholine rings is 1. The number of anilines is 1. The Balaban J connectivity index is 2.06. The first-order valence-corrected chi connectivity index (χ1v) is 7.23. The van der Waals surface area contributed by atoms with Gasteiger partial charge >= 0.3 is 0 Å². The summed E-state index contributed by atoms with van der Waals surface area (Å²) in [6.07, 6.45) is 0. The first kappa shape index (κ1) is 11.5. The van der Waals surface area contributed by atoms with E-state index in [1.807, 2.05) is 6.92 Å². The summed E-state index contributed by atoms with van der Waals surface area (Å²) in [7, 11) is 0. The fourth-order valence-corrected chi connectivity index (χ4v) is 2.81. The van der Waals surface area contributed by atoms with Gasteiger partial charge in [-0.25, -0.2) is 9.97 Å². The van der Waals surface area contributed by atoms with Gasteiger partial charge in [-0.15, -0.1) is 0 Å². The molecule has 1 unspecified atom stereocenters. The molecule has 17 heavy (non-hydrogen) atoms. The van der Waals surface area contributed by atoms with E-state index in [2.05, 4.69) is 37.5 Å². The van der Waals surface area contributed by atoms with Gasteiger partial charge in [0.05, 0.1) is 24.9 Å². The summed E-state index contributed by atoms with van der Waals surface area (Å²) in [5.41, 5.74) is 0.998. The molecule has 92 valence electrons. The Kier molecular flexibility index (Phi) is 3.08. The number of rotatable bonds is 1. The first-order chi connectivity index (χ1) is 8.29. The molecule has 1 saturated heterocycles. The average molecular weight is 347 g/mol. The normalized spacial score (nSPS) is 22.7. The maximum Gasteiger partial charge on any atom is 0.184 e. The van der Waals surface area contributed by atoms with E-state index in [1.54, 1.807) is 0 Å². The number of nitrogens with zero attached hydrogens (tertiary/aromatic N) is 3. The second-order valence-electron chi connectivity index (χ2n) is 4.24. The Labute approximate surface area is 114 Å². The first-order valence-electron chi connectivity index (χ1n) is 5.70. The van der Waals surface area contributed by atoms with Gasteiger partial charge in [-0.1, -0.05) is 22.6 Å². The van der Waals surface area contributed by atoms with Crippen LogP contribution in [0.2, 0.25) is 0 Å². The molecule has 3 rings (SSSR count). The van der Waals surface area contributed by atoms with E-state index in [4.69, 9.17) is 9.47 Å². The van der Waals surface area contributed by atoms with Crippen LogP contribution in [0.25, 0.3) is 0 Å². The Hall–Kier alpha value is -0.630. The lowest BCUT2D eigenvalue weighted by molar-refractivity contribution is 0.0693. The van der Waals surface area contributed by atoms with Crippen molar-refractivity contribution in [2.45, 2.75) is 17.4 Å². The molecule has 1 fully saturated rings. The lowest BCUT2D eigenvalue weighted by Gasteiger charge is -2.40. The molecule has 1 aromatic rings. The third-order valence-corrected chi connectivity index (χ3v) is 3.80. The minimum Gasteiger partial charge on any atom is -0.486 e. The lowest BCUT2D eigenvalue weighted by Crippen LogP contribution is -2.51. The SMILES string of the molecule is Cc1nc(CI)c2c(n1)N1CCOCC1CO2. The molecule has 0 radical (unpaired) electrons. The van der Waals surface area contributed by atoms with Gasteiger partial charge in [-0.2, -0.15) is 0 Å². The zero-order valence-electron chi connectivity index (χ0n) is 9.65. The molecule has 0 N–H and O–H groups in total. The summed E-state index contributed by atoms with van der Waals surface area (Å²) >= 11 is 2.31. The van der Waals surface area contributed by atoms with Gasteiger partial charge in [0.2, 0.25) is 0 Å². The van der Waals surface area contributed by atoms with Crippen molar-refractivity contribution in [1.82, 2.24) is 9.97 Å². The monoisotopic (exact) mass is 347 g/mol. The molecule has 2 aliphatic rings. The second-order valence-corrected chi connectivity index (χ2v) is 5.00. The van der Waals surface area contributed by atoms with Gasteiger partial charge < -0.3 is 14.4 Å². The molecule has 0 aromatic carbocycles. The molecule has 0 spiro atoms. The van der Waals surface area contributed by atoms with E-state index >= 15 is 0 Å². The molecule has 1 aromatic heterocycles. The number of aryl methyl sites for hydroxylation is 1. The van der Waals surface area contributed by atoms with Crippen LogP contribution in [0.1, 0.15) is 11.5 Å². The van der Waals surface area contributed by atoms with Crippen LogP contribution >= 0.6 is 22.6 Å². The molecule has 3 heterocycles. The zero-order valence-corrected chi connectivity index (χ0v) is 11.8. The summed E-state index contributed by atoms with van der Waals surface area (Å²) in [5.74, 6) is 2.62. The van der Waals surface area contributed by atoms with E-state index < -0.39 is 0 Å². The highest BCUT2D eigenvalue weighted by Gasteiger charge is 2.33. The zero-order chi connectivity index (χ0) is 11.8. The van der Waals surface area contributed by atoms with Gasteiger partial charge in [0.25, 0.3) is 0 Å². The number of fused-ring (bicyclic) bond motifs is 3. The summed E-state index contributed by atoms with van der Waals surface area (Å²) in [6, 6.07) is 0.299. The predicted molar refractivity (Wildman–Crippen MR) is 71.9 cm³/mol. The van der Waals surface area contributed by atoms with E-state index in [0.29, 0.717) is 12.6 Å². The number of hydrogen-bond acceptors (Lipinski definition) is 5. The summed E-state index contributed by atoms with van der Waals surface area (Å²) in [5, 5.41) is 0. The van der Waals surface area contributed by atoms with Crippen LogP contribution in [0.15, 0.2) is 0 Å². The number of hydrogen-bond donors (Lipinski definition) is 0. The van der Waals surface area contributed by atoms with Crippen molar-refractivity contribution in [2.75, 3.05) is 31.3 Å². The van der Waals surface area contributed by atoms with E-state index in [9.17, 15) is 0 Å². The van der Waals surface area contributed by atoms with Crippen LogP contribution in [-0.2, 0) is 9.16 Å². The van der Waals surface area contributed by atoms with Crippen LogP contribution in [0, 0.1) is 6.92 Å². The highest BCUT2D eigenvalue weighted by Crippen LogP contribution is 2.36. The van der Waals surface area contributed by atoms with Crippen molar-refractivity contribution in [3.05, 3.63) is 11.5 Å². The quantitative estimate of drug-likeness (QED) is 0.567. The highest BCUT2D eigenvalue weighted by molar-refractivity contribution is 14.1. The number of aromatic nitrogens is 2. The van der Waals surface area contributed by atoms with Crippen LogP contribution in [0.4, 0.5) is 5.82 Å². The standard InChI is InChI=1S/C11H14IN3O2/c1-7-13-9(4-12)10-11(14-7)15-2-3-16-5-8(15)6-17-10/h8H,2-6H2,1H3. The van der Waals surface area contributed by atoms with Gasteiger partial charge in [0.15, 0.2) is 11.6 Å². The Morgan fingerprint density at radius 1 is 1.41 bits per heavy atom. The fraction of sp³-hybridized carbons (Fsp3) is 0.636. The molecular formula is C11H14IN3O2. The van der Waals surface area contributed by atoms with Gasteiger partial charge in [-0.05, 0) is 6.92 Å². The number of ether oxygens (including phenoxy) is 2. The highest BCUT2D eigenvalue weighted by atomic mass is 127. The van der Waals surface area contributed by atoms with Crippen molar-refractivity contribution in [3.63, 3.8) is 0 Å². The largest absolute Gasteiger partial charge is 0.486 e. The fourth-order valence-electron chi connectivity index (χ4n) is 2.29. The van der Waals surface area contributed by atoms with Crippen molar-refractivity contribution in [3.8, 4) is 5.75 Å². The van der Waals surface area contributed by atoms with Crippen molar-refractivity contribution >= 4 is 28.4 Å². The Morgan fingerprint density at radius 2 is 2.29 bits per heavy atom. The van der Waals surface area contributed by atoms with E-state index in [1.165, 1.54) is 0 Å². The maximum atomic E-state index is 5.82. The van der Waals surface area contributed by atoms with Crippen LogP contribution in [0.5, 0.6) is 5.75 Å². The minimum atomic E-state index is 0.299. The van der Waals surface area contributed by atoms with Crippen LogP contribution in [-0.4, -0.2) is 42.4 Å². The molecule has 0 amide bonds. The Bertz CT molecular complexity index is 441. The van der Waals surface area contributed by atoms with Gasteiger partial charge in [0, 0.05) is 11.0 Å². The third-order valence-electron chi connectivity index (χ3n) is 3.08.